The normalized spacial score (nSPS) is 13.4. The molecule has 9 rings (SSSR count). The van der Waals surface area contributed by atoms with Gasteiger partial charge < -0.3 is 9.47 Å². The molecule has 3 heterocycles. The molecule has 6 aromatic carbocycles. The maximum atomic E-state index is 6.91. The van der Waals surface area contributed by atoms with Gasteiger partial charge in [0.1, 0.15) is 23.0 Å². The first-order valence-electron chi connectivity index (χ1n) is 15.2. The lowest BCUT2D eigenvalue weighted by molar-refractivity contribution is 0.399. The summed E-state index contributed by atoms with van der Waals surface area (Å²) >= 11 is 0. The molecule has 0 unspecified atom stereocenters. The summed E-state index contributed by atoms with van der Waals surface area (Å²) in [5, 5.41) is 0. The first-order valence-corrected chi connectivity index (χ1v) is 15.2. The van der Waals surface area contributed by atoms with Gasteiger partial charge >= 0.3 is 0 Å². The zero-order valence-electron chi connectivity index (χ0n) is 24.4. The second-order valence-electron chi connectivity index (χ2n) is 11.5. The molecule has 1 spiro atoms. The van der Waals surface area contributed by atoms with Crippen molar-refractivity contribution in [2.75, 3.05) is 0 Å². The summed E-state index contributed by atoms with van der Waals surface area (Å²) in [5.74, 6) is 3.34. The van der Waals surface area contributed by atoms with E-state index in [1.165, 1.54) is 0 Å². The van der Waals surface area contributed by atoms with E-state index in [0.717, 1.165) is 78.9 Å². The second-order valence-corrected chi connectivity index (χ2v) is 11.5. The minimum atomic E-state index is -0.637. The summed E-state index contributed by atoms with van der Waals surface area (Å²) in [5.41, 5.74) is 9.90. The number of nitrogens with zero attached hydrogens (tertiary/aromatic N) is 1. The van der Waals surface area contributed by atoms with Gasteiger partial charge in [0.15, 0.2) is 0 Å². The molecule has 212 valence electrons. The SMILES string of the molecule is c1ccc(-c2ccc3c(c2)Oc2cc(-c4cccc(-c5ccccc5)n4)ccc2C32c3ccccc3Oc3ccccc32)cc1. The highest BCUT2D eigenvalue weighted by atomic mass is 16.5. The second kappa shape index (κ2) is 10.1. The predicted octanol–water partition coefficient (Wildman–Crippen LogP) is 10.7. The average Bonchev–Trinajstić information content (AvgIpc) is 3.12. The van der Waals surface area contributed by atoms with Crippen molar-refractivity contribution in [1.29, 1.82) is 0 Å². The molecule has 0 saturated carbocycles. The Morgan fingerprint density at radius 2 is 0.800 bits per heavy atom. The number of pyridine rings is 1. The van der Waals surface area contributed by atoms with Gasteiger partial charge in [-0.2, -0.15) is 0 Å². The molecular formula is C42H27NO2. The van der Waals surface area contributed by atoms with Crippen LogP contribution in [0.1, 0.15) is 22.3 Å². The molecule has 0 amide bonds. The smallest absolute Gasteiger partial charge is 0.132 e. The Balaban J connectivity index is 1.30. The van der Waals surface area contributed by atoms with Gasteiger partial charge in [-0.1, -0.05) is 127 Å². The van der Waals surface area contributed by atoms with E-state index in [1.807, 2.05) is 36.4 Å². The summed E-state index contributed by atoms with van der Waals surface area (Å²) in [6, 6.07) is 56.9. The van der Waals surface area contributed by atoms with Gasteiger partial charge in [-0.05, 0) is 47.5 Å². The van der Waals surface area contributed by atoms with Crippen molar-refractivity contribution in [1.82, 2.24) is 4.98 Å². The third-order valence-electron chi connectivity index (χ3n) is 9.01. The van der Waals surface area contributed by atoms with E-state index in [1.54, 1.807) is 0 Å². The molecule has 2 aliphatic rings. The van der Waals surface area contributed by atoms with Gasteiger partial charge in [-0.3, -0.25) is 0 Å². The highest BCUT2D eigenvalue weighted by Crippen LogP contribution is 2.61. The number of aromatic nitrogens is 1. The van der Waals surface area contributed by atoms with Gasteiger partial charge in [-0.15, -0.1) is 0 Å². The molecule has 0 fully saturated rings. The Hall–Kier alpha value is -5.93. The van der Waals surface area contributed by atoms with Crippen LogP contribution >= 0.6 is 0 Å². The topological polar surface area (TPSA) is 31.4 Å². The number of benzene rings is 6. The fourth-order valence-corrected chi connectivity index (χ4v) is 7.01. The van der Waals surface area contributed by atoms with Crippen LogP contribution in [0.25, 0.3) is 33.6 Å². The van der Waals surface area contributed by atoms with Crippen LogP contribution in [0.5, 0.6) is 23.0 Å². The molecule has 0 aliphatic carbocycles. The van der Waals surface area contributed by atoms with Crippen LogP contribution in [-0.4, -0.2) is 4.98 Å². The fourth-order valence-electron chi connectivity index (χ4n) is 7.01. The summed E-state index contributed by atoms with van der Waals surface area (Å²) in [6.07, 6.45) is 0. The number of hydrogen-bond acceptors (Lipinski definition) is 3. The molecule has 3 nitrogen and oxygen atoms in total. The first kappa shape index (κ1) is 25.6. The van der Waals surface area contributed by atoms with Crippen LogP contribution in [0, 0.1) is 0 Å². The van der Waals surface area contributed by atoms with Gasteiger partial charge in [0.2, 0.25) is 0 Å². The number of ether oxygens (including phenoxy) is 2. The summed E-state index contributed by atoms with van der Waals surface area (Å²) in [6.45, 7) is 0. The zero-order chi connectivity index (χ0) is 29.8. The summed E-state index contributed by atoms with van der Waals surface area (Å²) in [7, 11) is 0. The van der Waals surface area contributed by atoms with Crippen LogP contribution in [-0.2, 0) is 5.41 Å². The Labute approximate surface area is 262 Å². The van der Waals surface area contributed by atoms with E-state index in [-0.39, 0.29) is 0 Å². The molecule has 0 atom stereocenters. The lowest BCUT2D eigenvalue weighted by atomic mass is 9.62. The third kappa shape index (κ3) is 3.94. The molecule has 0 radical (unpaired) electrons. The van der Waals surface area contributed by atoms with E-state index in [4.69, 9.17) is 14.5 Å². The van der Waals surface area contributed by atoms with Crippen molar-refractivity contribution in [2.45, 2.75) is 5.41 Å². The Kier molecular flexibility index (Phi) is 5.72. The van der Waals surface area contributed by atoms with Gasteiger partial charge in [0.05, 0.1) is 16.8 Å². The Bertz CT molecular complexity index is 2180. The largest absolute Gasteiger partial charge is 0.457 e. The first-order chi connectivity index (χ1) is 22.3. The molecule has 2 aliphatic heterocycles. The maximum Gasteiger partial charge on any atom is 0.132 e. The minimum absolute atomic E-state index is 0.637. The molecule has 0 N–H and O–H groups in total. The van der Waals surface area contributed by atoms with E-state index in [2.05, 4.69) is 127 Å². The van der Waals surface area contributed by atoms with Gasteiger partial charge in [0.25, 0.3) is 0 Å². The number of hydrogen-bond donors (Lipinski definition) is 0. The number of fused-ring (bicyclic) bond motifs is 8. The van der Waals surface area contributed by atoms with E-state index < -0.39 is 5.41 Å². The van der Waals surface area contributed by atoms with Crippen molar-refractivity contribution in [2.24, 2.45) is 0 Å². The van der Waals surface area contributed by atoms with Crippen LogP contribution in [0.4, 0.5) is 0 Å². The molecule has 7 aromatic rings. The standard InChI is InChI=1S/C42H27NO2/c1-3-12-28(13-4-1)30-22-24-34-40(26-30)45-41-27-31(37-19-11-18-36(43-37)29-14-5-2-6-15-29)23-25-35(41)42(34)32-16-7-9-20-38(32)44-39-21-10-8-17-33(39)42/h1-27H. The van der Waals surface area contributed by atoms with Gasteiger partial charge in [-0.25, -0.2) is 4.98 Å². The zero-order valence-corrected chi connectivity index (χ0v) is 24.4. The lowest BCUT2D eigenvalue weighted by Crippen LogP contribution is -2.36. The van der Waals surface area contributed by atoms with Crippen LogP contribution in [0.15, 0.2) is 164 Å². The summed E-state index contributed by atoms with van der Waals surface area (Å²) < 4.78 is 13.4. The van der Waals surface area contributed by atoms with Crippen LogP contribution in [0.3, 0.4) is 0 Å². The minimum Gasteiger partial charge on any atom is -0.457 e. The third-order valence-corrected chi connectivity index (χ3v) is 9.01. The van der Waals surface area contributed by atoms with Crippen molar-refractivity contribution in [3.63, 3.8) is 0 Å². The molecular weight excluding hydrogens is 550 g/mol. The van der Waals surface area contributed by atoms with Gasteiger partial charge in [0, 0.05) is 33.4 Å². The monoisotopic (exact) mass is 577 g/mol. The van der Waals surface area contributed by atoms with E-state index in [9.17, 15) is 0 Å². The van der Waals surface area contributed by atoms with Crippen molar-refractivity contribution in [3.8, 4) is 56.6 Å². The van der Waals surface area contributed by atoms with Crippen LogP contribution < -0.4 is 9.47 Å². The molecule has 45 heavy (non-hydrogen) atoms. The van der Waals surface area contributed by atoms with Crippen molar-refractivity contribution in [3.05, 3.63) is 186 Å². The van der Waals surface area contributed by atoms with Crippen LogP contribution in [0.2, 0.25) is 0 Å². The molecule has 1 aromatic heterocycles. The predicted molar refractivity (Wildman–Crippen MR) is 179 cm³/mol. The highest BCUT2D eigenvalue weighted by Gasteiger charge is 2.50. The molecule has 3 heteroatoms. The van der Waals surface area contributed by atoms with Crippen molar-refractivity contribution < 1.29 is 9.47 Å². The summed E-state index contributed by atoms with van der Waals surface area (Å²) in [4.78, 5) is 5.06. The highest BCUT2D eigenvalue weighted by molar-refractivity contribution is 5.79. The lowest BCUT2D eigenvalue weighted by Gasteiger charge is -2.45. The van der Waals surface area contributed by atoms with E-state index in [0.29, 0.717) is 0 Å². The Morgan fingerprint density at radius 1 is 0.333 bits per heavy atom. The quantitative estimate of drug-likeness (QED) is 0.209. The maximum absolute atomic E-state index is 6.91. The average molecular weight is 578 g/mol. The Morgan fingerprint density at radius 3 is 1.44 bits per heavy atom. The van der Waals surface area contributed by atoms with E-state index >= 15 is 0 Å². The number of para-hydroxylation sites is 2. The molecule has 0 bridgehead atoms. The van der Waals surface area contributed by atoms with Crippen molar-refractivity contribution >= 4 is 0 Å². The fraction of sp³-hybridized carbons (Fsp3) is 0.0238. The molecule has 0 saturated heterocycles. The number of rotatable bonds is 3.